The van der Waals surface area contributed by atoms with Crippen LogP contribution in [0, 0.1) is 5.92 Å². The van der Waals surface area contributed by atoms with Crippen LogP contribution >= 0.6 is 0 Å². The zero-order chi connectivity index (χ0) is 17.1. The number of allylic oxidation sites excluding steroid dienone is 1. The van der Waals surface area contributed by atoms with Crippen LogP contribution in [-0.4, -0.2) is 32.4 Å². The van der Waals surface area contributed by atoms with Gasteiger partial charge < -0.3 is 15.2 Å². The molecule has 7 heteroatoms. The lowest BCUT2D eigenvalue weighted by molar-refractivity contribution is -0.147. The molecule has 7 nitrogen and oxygen atoms in total. The number of anilines is 1. The first-order valence-electron chi connectivity index (χ1n) is 7.98. The normalized spacial score (nSPS) is 21.2. The number of esters is 1. The minimum atomic E-state index is -0.632. The van der Waals surface area contributed by atoms with Gasteiger partial charge in [0.2, 0.25) is 5.95 Å². The number of rotatable bonds is 4. The molecule has 2 aromatic rings. The third-order valence-electron chi connectivity index (χ3n) is 3.96. The fraction of sp³-hybridized carbons (Fsp3) is 0.353. The van der Waals surface area contributed by atoms with Crippen molar-refractivity contribution in [3.63, 3.8) is 0 Å². The Balaban J connectivity index is 2.18. The molecule has 3 rings (SSSR count). The smallest absolute Gasteiger partial charge is 0.317 e. The second-order valence-corrected chi connectivity index (χ2v) is 5.45. The highest BCUT2D eigenvalue weighted by Gasteiger charge is 2.42. The predicted octanol–water partition coefficient (Wildman–Crippen LogP) is 2.47. The minimum absolute atomic E-state index is 0.107. The number of carbonyl (C=O) groups excluding carboxylic acids is 1. The zero-order valence-corrected chi connectivity index (χ0v) is 13.6. The van der Waals surface area contributed by atoms with Gasteiger partial charge in [-0.2, -0.15) is 10.1 Å². The number of hydrogen-bond acceptors (Lipinski definition) is 6. The summed E-state index contributed by atoms with van der Waals surface area (Å²) in [5.74, 6) is -0.356. The number of aromatic hydroxyl groups is 1. The standard InChI is InChI=1S/C17H20N4O3/c1-3-7-12-14(16(23)24-4-2)15(11-8-5-6-9-13(11)22)21-17(20-12)18-10-19-21/h5-10,14-15,22H,3-4H2,1-2H3,(H,18,19,20)/b12-7-/t14-,15+/m0/s1. The number of ether oxygens (including phenoxy) is 1. The van der Waals surface area contributed by atoms with Crippen LogP contribution in [0.1, 0.15) is 31.9 Å². The highest BCUT2D eigenvalue weighted by atomic mass is 16.5. The van der Waals surface area contributed by atoms with Gasteiger partial charge in [-0.3, -0.25) is 4.79 Å². The first-order chi connectivity index (χ1) is 11.7. The van der Waals surface area contributed by atoms with Gasteiger partial charge in [-0.05, 0) is 19.4 Å². The number of para-hydroxylation sites is 1. The molecule has 1 aromatic carbocycles. The van der Waals surface area contributed by atoms with Crippen LogP contribution in [0.5, 0.6) is 5.75 Å². The maximum absolute atomic E-state index is 12.7. The van der Waals surface area contributed by atoms with Gasteiger partial charge in [0.25, 0.3) is 0 Å². The van der Waals surface area contributed by atoms with E-state index in [0.29, 0.717) is 17.2 Å². The maximum Gasteiger partial charge on any atom is 0.317 e. The van der Waals surface area contributed by atoms with Gasteiger partial charge in [-0.25, -0.2) is 4.68 Å². The number of fused-ring (bicyclic) bond motifs is 1. The molecule has 1 aliphatic rings. The van der Waals surface area contributed by atoms with E-state index in [-0.39, 0.29) is 18.3 Å². The van der Waals surface area contributed by atoms with Crippen LogP contribution in [0.2, 0.25) is 0 Å². The number of nitrogens with one attached hydrogen (secondary N) is 1. The topological polar surface area (TPSA) is 89.3 Å². The van der Waals surface area contributed by atoms with Crippen molar-refractivity contribution in [2.75, 3.05) is 11.9 Å². The third kappa shape index (κ3) is 2.73. The Morgan fingerprint density at radius 1 is 1.42 bits per heavy atom. The van der Waals surface area contributed by atoms with Gasteiger partial charge in [0.1, 0.15) is 24.0 Å². The molecular formula is C17H20N4O3. The summed E-state index contributed by atoms with van der Waals surface area (Å²) in [5, 5.41) is 17.7. The number of carbonyl (C=O) groups is 1. The van der Waals surface area contributed by atoms with Crippen LogP contribution in [0.4, 0.5) is 5.95 Å². The Hall–Kier alpha value is -2.83. The third-order valence-corrected chi connectivity index (χ3v) is 3.96. The molecule has 1 aromatic heterocycles. The Morgan fingerprint density at radius 2 is 2.21 bits per heavy atom. The van der Waals surface area contributed by atoms with Crippen molar-refractivity contribution in [1.29, 1.82) is 0 Å². The summed E-state index contributed by atoms with van der Waals surface area (Å²) < 4.78 is 6.89. The summed E-state index contributed by atoms with van der Waals surface area (Å²) in [6, 6.07) is 6.41. The van der Waals surface area contributed by atoms with Gasteiger partial charge in [-0.1, -0.05) is 31.2 Å². The highest BCUT2D eigenvalue weighted by molar-refractivity contribution is 5.79. The van der Waals surface area contributed by atoms with E-state index in [1.54, 1.807) is 29.8 Å². The first kappa shape index (κ1) is 16.0. The van der Waals surface area contributed by atoms with Crippen molar-refractivity contribution in [1.82, 2.24) is 14.8 Å². The van der Waals surface area contributed by atoms with E-state index >= 15 is 0 Å². The van der Waals surface area contributed by atoms with Crippen LogP contribution in [0.25, 0.3) is 0 Å². The predicted molar refractivity (Wildman–Crippen MR) is 88.4 cm³/mol. The Labute approximate surface area is 140 Å². The molecule has 0 saturated carbocycles. The molecular weight excluding hydrogens is 308 g/mol. The van der Waals surface area contributed by atoms with E-state index in [2.05, 4.69) is 15.4 Å². The molecule has 0 spiro atoms. The molecule has 0 bridgehead atoms. The van der Waals surface area contributed by atoms with Crippen molar-refractivity contribution in [2.24, 2.45) is 5.92 Å². The quantitative estimate of drug-likeness (QED) is 0.838. The van der Waals surface area contributed by atoms with E-state index in [9.17, 15) is 9.90 Å². The number of phenolic OH excluding ortho intramolecular Hbond substituents is 1. The van der Waals surface area contributed by atoms with E-state index in [1.807, 2.05) is 19.1 Å². The molecule has 0 fully saturated rings. The average molecular weight is 328 g/mol. The maximum atomic E-state index is 12.7. The number of benzene rings is 1. The SMILES string of the molecule is CC/C=C1\Nc2ncnn2[C@H](c2ccccc2O)[C@H]1C(=O)OCC. The van der Waals surface area contributed by atoms with Crippen molar-refractivity contribution >= 4 is 11.9 Å². The van der Waals surface area contributed by atoms with Crippen LogP contribution in [0.3, 0.4) is 0 Å². The van der Waals surface area contributed by atoms with Crippen LogP contribution < -0.4 is 5.32 Å². The molecule has 0 saturated heterocycles. The molecule has 24 heavy (non-hydrogen) atoms. The van der Waals surface area contributed by atoms with Gasteiger partial charge in [0.15, 0.2) is 0 Å². The number of aromatic nitrogens is 3. The summed E-state index contributed by atoms with van der Waals surface area (Å²) >= 11 is 0. The van der Waals surface area contributed by atoms with Gasteiger partial charge in [0, 0.05) is 11.3 Å². The monoisotopic (exact) mass is 328 g/mol. The van der Waals surface area contributed by atoms with E-state index in [4.69, 9.17) is 4.74 Å². The molecule has 2 N–H and O–H groups in total. The van der Waals surface area contributed by atoms with Gasteiger partial charge >= 0.3 is 5.97 Å². The number of hydrogen-bond donors (Lipinski definition) is 2. The first-order valence-corrected chi connectivity index (χ1v) is 7.98. The Morgan fingerprint density at radius 3 is 2.92 bits per heavy atom. The van der Waals surface area contributed by atoms with E-state index < -0.39 is 12.0 Å². The van der Waals surface area contributed by atoms with Crippen molar-refractivity contribution < 1.29 is 14.6 Å². The Kier molecular flexibility index (Phi) is 4.50. The summed E-state index contributed by atoms with van der Waals surface area (Å²) in [7, 11) is 0. The summed E-state index contributed by atoms with van der Waals surface area (Å²) in [4.78, 5) is 16.9. The number of nitrogens with zero attached hydrogens (tertiary/aromatic N) is 3. The zero-order valence-electron chi connectivity index (χ0n) is 13.6. The van der Waals surface area contributed by atoms with Crippen molar-refractivity contribution in [3.05, 3.63) is 47.9 Å². The second-order valence-electron chi connectivity index (χ2n) is 5.45. The lowest BCUT2D eigenvalue weighted by Gasteiger charge is -2.34. The average Bonchev–Trinajstić information content (AvgIpc) is 3.03. The summed E-state index contributed by atoms with van der Waals surface area (Å²) in [5.41, 5.74) is 1.32. The molecule has 2 heterocycles. The molecule has 126 valence electrons. The molecule has 0 amide bonds. The largest absolute Gasteiger partial charge is 0.508 e. The van der Waals surface area contributed by atoms with Gasteiger partial charge in [0.05, 0.1) is 6.61 Å². The lowest BCUT2D eigenvalue weighted by Crippen LogP contribution is -2.38. The molecule has 0 aliphatic carbocycles. The van der Waals surface area contributed by atoms with Gasteiger partial charge in [-0.15, -0.1) is 0 Å². The lowest BCUT2D eigenvalue weighted by atomic mass is 9.87. The molecule has 0 unspecified atom stereocenters. The summed E-state index contributed by atoms with van der Waals surface area (Å²) in [6.45, 7) is 4.05. The fourth-order valence-corrected chi connectivity index (χ4v) is 3.00. The van der Waals surface area contributed by atoms with E-state index in [0.717, 1.165) is 6.42 Å². The van der Waals surface area contributed by atoms with Crippen molar-refractivity contribution in [3.8, 4) is 5.75 Å². The summed E-state index contributed by atoms with van der Waals surface area (Å²) in [6.07, 6.45) is 4.11. The van der Waals surface area contributed by atoms with E-state index in [1.165, 1.54) is 6.33 Å². The van der Waals surface area contributed by atoms with Crippen LogP contribution in [0.15, 0.2) is 42.4 Å². The molecule has 0 radical (unpaired) electrons. The number of phenols is 1. The second kappa shape index (κ2) is 6.74. The molecule has 1 aliphatic heterocycles. The molecule has 2 atom stereocenters. The Bertz CT molecular complexity index is 769. The fourth-order valence-electron chi connectivity index (χ4n) is 3.00. The van der Waals surface area contributed by atoms with Crippen LogP contribution in [-0.2, 0) is 9.53 Å². The van der Waals surface area contributed by atoms with Crippen molar-refractivity contribution in [2.45, 2.75) is 26.3 Å². The minimum Gasteiger partial charge on any atom is -0.508 e. The highest BCUT2D eigenvalue weighted by Crippen LogP contribution is 2.41.